The van der Waals surface area contributed by atoms with Crippen molar-refractivity contribution >= 4 is 27.5 Å². The minimum absolute atomic E-state index is 0.708. The van der Waals surface area contributed by atoms with E-state index in [0.717, 1.165) is 16.0 Å². The van der Waals surface area contributed by atoms with E-state index in [1.165, 1.54) is 17.1 Å². The Morgan fingerprint density at radius 1 is 1.50 bits per heavy atom. The summed E-state index contributed by atoms with van der Waals surface area (Å²) in [5, 5.41) is 0. The topological polar surface area (TPSA) is 38.7 Å². The summed E-state index contributed by atoms with van der Waals surface area (Å²) in [6, 6.07) is 3.99. The molecule has 0 spiro atoms. The zero-order valence-electron chi connectivity index (χ0n) is 7.57. The summed E-state index contributed by atoms with van der Waals surface area (Å²) in [4.78, 5) is 8.55. The zero-order valence-corrected chi connectivity index (χ0v) is 9.97. The van der Waals surface area contributed by atoms with Crippen LogP contribution in [0.2, 0.25) is 0 Å². The molecule has 0 saturated carbocycles. The van der Waals surface area contributed by atoms with Gasteiger partial charge in [-0.15, -0.1) is 0 Å². The van der Waals surface area contributed by atoms with E-state index in [0.29, 0.717) is 5.82 Å². The molecule has 2 aromatic heterocycles. The maximum atomic E-state index is 4.29. The van der Waals surface area contributed by atoms with E-state index in [2.05, 4.69) is 43.3 Å². The molecule has 0 saturated heterocycles. The first kappa shape index (κ1) is 9.73. The summed E-state index contributed by atoms with van der Waals surface area (Å²) in [7, 11) is 0. The van der Waals surface area contributed by atoms with Crippen molar-refractivity contribution in [2.75, 3.05) is 0 Å². The van der Waals surface area contributed by atoms with Gasteiger partial charge >= 0.3 is 0 Å². The van der Waals surface area contributed by atoms with Crippen molar-refractivity contribution in [3.63, 3.8) is 0 Å². The fraction of sp³-hybridized carbons (Fsp3) is 0.222. The summed E-state index contributed by atoms with van der Waals surface area (Å²) in [5.74, 6) is 0.708. The first-order valence-electron chi connectivity index (χ1n) is 4.24. The molecule has 0 amide bonds. The third-order valence-electron chi connectivity index (χ3n) is 1.89. The summed E-state index contributed by atoms with van der Waals surface area (Å²) in [6.07, 6.45) is 2.71. The molecule has 0 radical (unpaired) electrons. The number of hydrogen-bond acceptors (Lipinski definition) is 4. The molecule has 0 aliphatic carbocycles. The second-order valence-electron chi connectivity index (χ2n) is 2.74. The Morgan fingerprint density at radius 2 is 2.36 bits per heavy atom. The molecule has 0 N–H and O–H groups in total. The van der Waals surface area contributed by atoms with Crippen molar-refractivity contribution < 1.29 is 0 Å². The van der Waals surface area contributed by atoms with Crippen LogP contribution in [0, 0.1) is 0 Å². The van der Waals surface area contributed by atoms with Crippen molar-refractivity contribution in [1.29, 1.82) is 0 Å². The Morgan fingerprint density at radius 3 is 3.00 bits per heavy atom. The average molecular weight is 270 g/mol. The standard InChI is InChI=1S/C9H8BrN3S/c1-2-6-4-3-5-11-7(6)8-12-9(10)14-13-8/h3-5H,2H2,1H3. The lowest BCUT2D eigenvalue weighted by molar-refractivity contribution is 1.09. The highest BCUT2D eigenvalue weighted by molar-refractivity contribution is 9.11. The van der Waals surface area contributed by atoms with Gasteiger partial charge in [-0.05, 0) is 45.5 Å². The summed E-state index contributed by atoms with van der Waals surface area (Å²) >= 11 is 4.63. The molecule has 72 valence electrons. The van der Waals surface area contributed by atoms with Crippen molar-refractivity contribution in [2.45, 2.75) is 13.3 Å². The third kappa shape index (κ3) is 1.83. The lowest BCUT2D eigenvalue weighted by Gasteiger charge is -2.00. The Balaban J connectivity index is 2.50. The first-order valence-corrected chi connectivity index (χ1v) is 5.81. The molecule has 0 bridgehead atoms. The number of aromatic nitrogens is 3. The molecular formula is C9H8BrN3S. The number of hydrogen-bond donors (Lipinski definition) is 0. The van der Waals surface area contributed by atoms with E-state index in [1.54, 1.807) is 6.20 Å². The minimum Gasteiger partial charge on any atom is -0.253 e. The van der Waals surface area contributed by atoms with Crippen LogP contribution >= 0.6 is 27.5 Å². The van der Waals surface area contributed by atoms with Gasteiger partial charge in [-0.1, -0.05) is 13.0 Å². The van der Waals surface area contributed by atoms with Crippen molar-refractivity contribution in [1.82, 2.24) is 14.3 Å². The highest BCUT2D eigenvalue weighted by Crippen LogP contribution is 2.22. The zero-order chi connectivity index (χ0) is 9.97. The Kier molecular flexibility index (Phi) is 2.88. The van der Waals surface area contributed by atoms with Crippen LogP contribution in [0.4, 0.5) is 0 Å². The van der Waals surface area contributed by atoms with E-state index >= 15 is 0 Å². The van der Waals surface area contributed by atoms with Crippen molar-refractivity contribution in [2.24, 2.45) is 0 Å². The number of nitrogens with zero attached hydrogens (tertiary/aromatic N) is 3. The quantitative estimate of drug-likeness (QED) is 0.842. The van der Waals surface area contributed by atoms with Gasteiger partial charge in [0.1, 0.15) is 5.69 Å². The van der Waals surface area contributed by atoms with Crippen LogP contribution in [0.3, 0.4) is 0 Å². The molecular weight excluding hydrogens is 262 g/mol. The third-order valence-corrected chi connectivity index (χ3v) is 3.00. The summed E-state index contributed by atoms with van der Waals surface area (Å²) in [6.45, 7) is 2.10. The van der Waals surface area contributed by atoms with Crippen LogP contribution in [0.1, 0.15) is 12.5 Å². The van der Waals surface area contributed by atoms with Gasteiger partial charge in [-0.25, -0.2) is 4.98 Å². The predicted molar refractivity (Wildman–Crippen MR) is 60.2 cm³/mol. The smallest absolute Gasteiger partial charge is 0.192 e. The average Bonchev–Trinajstić information content (AvgIpc) is 2.65. The molecule has 2 rings (SSSR count). The highest BCUT2D eigenvalue weighted by atomic mass is 79.9. The lowest BCUT2D eigenvalue weighted by Crippen LogP contribution is -1.92. The van der Waals surface area contributed by atoms with Gasteiger partial charge in [-0.3, -0.25) is 4.98 Å². The van der Waals surface area contributed by atoms with Crippen LogP contribution < -0.4 is 0 Å². The molecule has 0 aliphatic rings. The van der Waals surface area contributed by atoms with Crippen LogP contribution in [0.15, 0.2) is 22.2 Å². The monoisotopic (exact) mass is 269 g/mol. The Bertz CT molecular complexity index is 441. The largest absolute Gasteiger partial charge is 0.253 e. The predicted octanol–water partition coefficient (Wildman–Crippen LogP) is 2.93. The van der Waals surface area contributed by atoms with Gasteiger partial charge in [0.2, 0.25) is 0 Å². The minimum atomic E-state index is 0.708. The van der Waals surface area contributed by atoms with E-state index in [9.17, 15) is 0 Å². The second-order valence-corrected chi connectivity index (χ2v) is 4.76. The van der Waals surface area contributed by atoms with Crippen LogP contribution in [-0.4, -0.2) is 14.3 Å². The van der Waals surface area contributed by atoms with Gasteiger partial charge < -0.3 is 0 Å². The summed E-state index contributed by atoms with van der Waals surface area (Å²) < 4.78 is 5.01. The van der Waals surface area contributed by atoms with Crippen LogP contribution in [-0.2, 0) is 6.42 Å². The summed E-state index contributed by atoms with van der Waals surface area (Å²) in [5.41, 5.74) is 2.06. The number of rotatable bonds is 2. The van der Waals surface area contributed by atoms with Crippen molar-refractivity contribution in [3.05, 3.63) is 27.8 Å². The Hall–Kier alpha value is -0.810. The number of aryl methyl sites for hydroxylation is 1. The van der Waals surface area contributed by atoms with E-state index in [-0.39, 0.29) is 0 Å². The molecule has 2 heterocycles. The molecule has 2 aromatic rings. The van der Waals surface area contributed by atoms with E-state index in [4.69, 9.17) is 0 Å². The lowest BCUT2D eigenvalue weighted by atomic mass is 10.1. The van der Waals surface area contributed by atoms with Gasteiger partial charge in [0.05, 0.1) is 0 Å². The van der Waals surface area contributed by atoms with Crippen molar-refractivity contribution in [3.8, 4) is 11.5 Å². The van der Waals surface area contributed by atoms with Crippen LogP contribution in [0.25, 0.3) is 11.5 Å². The van der Waals surface area contributed by atoms with Gasteiger partial charge in [0, 0.05) is 6.20 Å². The second kappa shape index (κ2) is 4.14. The molecule has 0 aromatic carbocycles. The molecule has 3 nitrogen and oxygen atoms in total. The van der Waals surface area contributed by atoms with E-state index in [1.807, 2.05) is 6.07 Å². The molecule has 14 heavy (non-hydrogen) atoms. The van der Waals surface area contributed by atoms with Gasteiger partial charge in [0.25, 0.3) is 0 Å². The fourth-order valence-corrected chi connectivity index (χ4v) is 2.03. The van der Waals surface area contributed by atoms with Gasteiger partial charge in [-0.2, -0.15) is 4.37 Å². The molecule has 0 unspecified atom stereocenters. The fourth-order valence-electron chi connectivity index (χ4n) is 1.23. The molecule has 0 atom stereocenters. The SMILES string of the molecule is CCc1cccnc1-c1nsc(Br)n1. The normalized spacial score (nSPS) is 10.4. The molecule has 0 fully saturated rings. The van der Waals surface area contributed by atoms with E-state index < -0.39 is 0 Å². The first-order chi connectivity index (χ1) is 6.81. The van der Waals surface area contributed by atoms with Crippen LogP contribution in [0.5, 0.6) is 0 Å². The maximum Gasteiger partial charge on any atom is 0.192 e. The molecule has 0 aliphatic heterocycles. The maximum absolute atomic E-state index is 4.29. The molecule has 5 heteroatoms. The Labute approximate surface area is 94.5 Å². The highest BCUT2D eigenvalue weighted by Gasteiger charge is 2.09. The van der Waals surface area contributed by atoms with Gasteiger partial charge in [0.15, 0.2) is 9.74 Å². The number of pyridine rings is 1. The number of halogens is 1.